The highest BCUT2D eigenvalue weighted by Crippen LogP contribution is 2.19. The maximum absolute atomic E-state index is 12.4. The van der Waals surface area contributed by atoms with Gasteiger partial charge < -0.3 is 10.1 Å². The third kappa shape index (κ3) is 6.08. The highest BCUT2D eigenvalue weighted by Gasteiger charge is 2.17. The molecule has 0 unspecified atom stereocenters. The number of hydrogen-bond donors (Lipinski definition) is 2. The van der Waals surface area contributed by atoms with E-state index in [4.69, 9.17) is 9.88 Å². The Morgan fingerprint density at radius 2 is 1.70 bits per heavy atom. The van der Waals surface area contributed by atoms with Gasteiger partial charge in [-0.1, -0.05) is 23.8 Å². The summed E-state index contributed by atoms with van der Waals surface area (Å²) in [5.74, 6) is 0.521. The maximum atomic E-state index is 12.4. The number of hydrogen-bond acceptors (Lipinski definition) is 4. The number of primary sulfonamides is 1. The van der Waals surface area contributed by atoms with Crippen LogP contribution in [-0.2, 0) is 10.0 Å². The summed E-state index contributed by atoms with van der Waals surface area (Å²) in [6, 6.07) is 10.9. The van der Waals surface area contributed by atoms with Gasteiger partial charge in [0.2, 0.25) is 10.0 Å². The van der Waals surface area contributed by atoms with Crippen molar-refractivity contribution in [3.63, 3.8) is 0 Å². The minimum absolute atomic E-state index is 0.0234. The zero-order valence-corrected chi connectivity index (χ0v) is 16.7. The van der Waals surface area contributed by atoms with Crippen LogP contribution >= 0.6 is 0 Å². The summed E-state index contributed by atoms with van der Waals surface area (Å²) >= 11 is 0. The van der Waals surface area contributed by atoms with Crippen LogP contribution in [0.1, 0.15) is 39.9 Å². The first-order valence-corrected chi connectivity index (χ1v) is 10.3. The number of carbonyl (C=O) groups excluding carboxylic acids is 1. The average Bonchev–Trinajstić information content (AvgIpc) is 2.58. The molecule has 3 N–H and O–H groups in total. The Morgan fingerprint density at radius 1 is 1.04 bits per heavy atom. The second kappa shape index (κ2) is 9.01. The third-order valence-electron chi connectivity index (χ3n) is 4.22. The van der Waals surface area contributed by atoms with Crippen LogP contribution in [-0.4, -0.2) is 27.5 Å². The molecule has 7 heteroatoms. The van der Waals surface area contributed by atoms with Crippen molar-refractivity contribution in [2.75, 3.05) is 13.2 Å². The number of rotatable bonds is 8. The molecular weight excluding hydrogens is 364 g/mol. The molecule has 1 amide bonds. The Morgan fingerprint density at radius 3 is 2.33 bits per heavy atom. The second-order valence-corrected chi connectivity index (χ2v) is 8.13. The summed E-state index contributed by atoms with van der Waals surface area (Å²) in [6.07, 6.45) is 1.55. The van der Waals surface area contributed by atoms with E-state index >= 15 is 0 Å². The van der Waals surface area contributed by atoms with Crippen LogP contribution in [0.3, 0.4) is 0 Å². The number of sulfonamides is 1. The minimum Gasteiger partial charge on any atom is -0.494 e. The van der Waals surface area contributed by atoms with Crippen molar-refractivity contribution in [3.05, 3.63) is 58.7 Å². The smallest absolute Gasteiger partial charge is 0.251 e. The molecule has 0 radical (unpaired) electrons. The van der Waals surface area contributed by atoms with Gasteiger partial charge >= 0.3 is 0 Å². The minimum atomic E-state index is -3.86. The molecule has 146 valence electrons. The average molecular weight is 391 g/mol. The molecule has 6 nitrogen and oxygen atoms in total. The summed E-state index contributed by atoms with van der Waals surface area (Å²) in [6.45, 7) is 6.49. The monoisotopic (exact) mass is 390 g/mol. The number of ether oxygens (including phenoxy) is 1. The van der Waals surface area contributed by atoms with E-state index in [1.54, 1.807) is 19.9 Å². The van der Waals surface area contributed by atoms with Crippen molar-refractivity contribution in [2.45, 2.75) is 38.5 Å². The Bertz CT molecular complexity index is 906. The van der Waals surface area contributed by atoms with Gasteiger partial charge in [0.05, 0.1) is 11.5 Å². The number of amides is 1. The number of nitrogens with two attached hydrogens (primary N) is 1. The van der Waals surface area contributed by atoms with Crippen LogP contribution in [0, 0.1) is 20.8 Å². The van der Waals surface area contributed by atoms with Crippen molar-refractivity contribution in [2.24, 2.45) is 5.14 Å². The molecule has 0 aromatic heterocycles. The molecule has 0 bridgehead atoms. The fraction of sp³-hybridized carbons (Fsp3) is 0.350. The molecule has 0 spiro atoms. The first-order chi connectivity index (χ1) is 12.7. The quantitative estimate of drug-likeness (QED) is 0.677. The number of carbonyl (C=O) groups is 1. The summed E-state index contributed by atoms with van der Waals surface area (Å²) in [4.78, 5) is 12.3. The fourth-order valence-corrected chi connectivity index (χ4v) is 3.52. The van der Waals surface area contributed by atoms with E-state index in [2.05, 4.69) is 5.32 Å². The van der Waals surface area contributed by atoms with Crippen LogP contribution in [0.5, 0.6) is 5.75 Å². The molecule has 0 aliphatic carbocycles. The van der Waals surface area contributed by atoms with Gasteiger partial charge in [-0.2, -0.15) is 0 Å². The van der Waals surface area contributed by atoms with E-state index in [1.165, 1.54) is 11.6 Å². The Balaban J connectivity index is 1.83. The standard InChI is InChI=1S/C20H26N2O4S/c1-14-6-8-17(9-7-14)26-11-5-4-10-22-20(23)18-13-19(27(21,24)25)16(3)12-15(18)2/h6-9,12-13H,4-5,10-11H2,1-3H3,(H,22,23)(H2,21,24,25). The first kappa shape index (κ1) is 20.9. The predicted molar refractivity (Wildman–Crippen MR) is 106 cm³/mol. The largest absolute Gasteiger partial charge is 0.494 e. The van der Waals surface area contributed by atoms with E-state index in [0.717, 1.165) is 18.6 Å². The lowest BCUT2D eigenvalue weighted by Gasteiger charge is -2.12. The SMILES string of the molecule is Cc1ccc(OCCCCNC(=O)c2cc(S(N)(=O)=O)c(C)cc2C)cc1. The van der Waals surface area contributed by atoms with Crippen LogP contribution < -0.4 is 15.2 Å². The number of benzene rings is 2. The normalized spacial score (nSPS) is 11.3. The lowest BCUT2D eigenvalue weighted by Crippen LogP contribution is -2.26. The molecule has 2 aromatic rings. The number of aryl methyl sites for hydroxylation is 3. The van der Waals surface area contributed by atoms with Crippen molar-refractivity contribution in [3.8, 4) is 5.75 Å². The molecule has 0 saturated carbocycles. The molecule has 2 rings (SSSR count). The molecule has 0 heterocycles. The molecule has 0 saturated heterocycles. The molecule has 27 heavy (non-hydrogen) atoms. The molecule has 0 aliphatic rings. The Hall–Kier alpha value is -2.38. The molecule has 0 fully saturated rings. The Kier molecular flexibility index (Phi) is 6.98. The molecule has 0 atom stereocenters. The third-order valence-corrected chi connectivity index (χ3v) is 5.27. The van der Waals surface area contributed by atoms with E-state index in [0.29, 0.717) is 29.8 Å². The number of unbranched alkanes of at least 4 members (excludes halogenated alkanes) is 1. The lowest BCUT2D eigenvalue weighted by atomic mass is 10.0. The van der Waals surface area contributed by atoms with Crippen LogP contribution in [0.25, 0.3) is 0 Å². The van der Waals surface area contributed by atoms with Gasteiger partial charge in [-0.3, -0.25) is 4.79 Å². The Labute approximate surface area is 160 Å². The van der Waals surface area contributed by atoms with Crippen molar-refractivity contribution >= 4 is 15.9 Å². The van der Waals surface area contributed by atoms with Crippen LogP contribution in [0.4, 0.5) is 0 Å². The first-order valence-electron chi connectivity index (χ1n) is 8.80. The summed E-state index contributed by atoms with van der Waals surface area (Å²) in [5, 5.41) is 8.03. The summed E-state index contributed by atoms with van der Waals surface area (Å²) < 4.78 is 28.9. The van der Waals surface area contributed by atoms with Gasteiger partial charge in [-0.15, -0.1) is 0 Å². The van der Waals surface area contributed by atoms with Crippen molar-refractivity contribution < 1.29 is 17.9 Å². The summed E-state index contributed by atoms with van der Waals surface area (Å²) in [7, 11) is -3.86. The van der Waals surface area contributed by atoms with E-state index in [-0.39, 0.29) is 10.8 Å². The predicted octanol–water partition coefficient (Wildman–Crippen LogP) is 2.85. The van der Waals surface area contributed by atoms with Crippen molar-refractivity contribution in [1.82, 2.24) is 5.32 Å². The van der Waals surface area contributed by atoms with Gasteiger partial charge in [-0.05, 0) is 62.9 Å². The van der Waals surface area contributed by atoms with Gasteiger partial charge in [-0.25, -0.2) is 13.6 Å². The van der Waals surface area contributed by atoms with E-state index in [1.807, 2.05) is 31.2 Å². The highest BCUT2D eigenvalue weighted by molar-refractivity contribution is 7.89. The maximum Gasteiger partial charge on any atom is 0.251 e. The van der Waals surface area contributed by atoms with E-state index in [9.17, 15) is 13.2 Å². The zero-order valence-electron chi connectivity index (χ0n) is 15.9. The van der Waals surface area contributed by atoms with Gasteiger partial charge in [0.1, 0.15) is 5.75 Å². The summed E-state index contributed by atoms with van der Waals surface area (Å²) in [5.41, 5.74) is 2.74. The van der Waals surface area contributed by atoms with Gasteiger partial charge in [0.15, 0.2) is 0 Å². The fourth-order valence-electron chi connectivity index (χ4n) is 2.73. The van der Waals surface area contributed by atoms with Crippen LogP contribution in [0.2, 0.25) is 0 Å². The lowest BCUT2D eigenvalue weighted by molar-refractivity contribution is 0.0951. The van der Waals surface area contributed by atoms with Crippen molar-refractivity contribution in [1.29, 1.82) is 0 Å². The highest BCUT2D eigenvalue weighted by atomic mass is 32.2. The topological polar surface area (TPSA) is 98.5 Å². The van der Waals surface area contributed by atoms with E-state index < -0.39 is 10.0 Å². The molecule has 2 aromatic carbocycles. The number of nitrogens with one attached hydrogen (secondary N) is 1. The van der Waals surface area contributed by atoms with Crippen LogP contribution in [0.15, 0.2) is 41.3 Å². The molecular formula is C20H26N2O4S. The zero-order chi connectivity index (χ0) is 20.0. The van der Waals surface area contributed by atoms with Gasteiger partial charge in [0, 0.05) is 12.1 Å². The second-order valence-electron chi connectivity index (χ2n) is 6.60. The molecule has 0 aliphatic heterocycles. The van der Waals surface area contributed by atoms with Gasteiger partial charge in [0.25, 0.3) is 5.91 Å².